The number of hydrogen-bond donors (Lipinski definition) is 2. The topological polar surface area (TPSA) is 74.3 Å². The predicted molar refractivity (Wildman–Crippen MR) is 92.9 cm³/mol. The number of rotatable bonds is 8. The predicted octanol–water partition coefficient (Wildman–Crippen LogP) is 1.03. The van der Waals surface area contributed by atoms with Gasteiger partial charge in [0.25, 0.3) is 0 Å². The van der Waals surface area contributed by atoms with Crippen molar-refractivity contribution in [3.8, 4) is 0 Å². The van der Waals surface area contributed by atoms with E-state index in [1.807, 2.05) is 11.6 Å². The van der Waals surface area contributed by atoms with Crippen molar-refractivity contribution in [1.29, 1.82) is 0 Å². The van der Waals surface area contributed by atoms with E-state index in [0.29, 0.717) is 18.0 Å². The summed E-state index contributed by atoms with van der Waals surface area (Å²) in [5.41, 5.74) is 0.451. The third-order valence-electron chi connectivity index (χ3n) is 5.11. The molecule has 1 aliphatic heterocycles. The first-order chi connectivity index (χ1) is 11.0. The minimum Gasteiger partial charge on any atom is -0.317 e. The van der Waals surface area contributed by atoms with E-state index in [9.17, 15) is 8.42 Å². The Morgan fingerprint density at radius 3 is 2.91 bits per heavy atom. The fraction of sp³-hybridized carbons (Fsp3) is 0.800. The standard InChI is InChI=1S/C15H26N4O2S2/c1-2-23(20,21)18-7-9-19(12-14-17-8-10-22-14)13-11-15(13)3-5-16-6-4-15/h8,10,13,16,18H,2-7,9,11-12H2,1H3. The minimum atomic E-state index is -3.12. The molecule has 2 fully saturated rings. The van der Waals surface area contributed by atoms with E-state index in [1.54, 1.807) is 18.3 Å². The Balaban J connectivity index is 1.60. The van der Waals surface area contributed by atoms with Gasteiger partial charge in [-0.1, -0.05) is 0 Å². The van der Waals surface area contributed by atoms with Crippen molar-refractivity contribution in [2.75, 3.05) is 31.9 Å². The molecule has 1 aliphatic carbocycles. The Morgan fingerprint density at radius 1 is 1.48 bits per heavy atom. The second kappa shape index (κ2) is 7.14. The Kier molecular flexibility index (Phi) is 5.37. The second-order valence-electron chi connectivity index (χ2n) is 6.53. The largest absolute Gasteiger partial charge is 0.317 e. The third-order valence-corrected chi connectivity index (χ3v) is 7.28. The van der Waals surface area contributed by atoms with Crippen LogP contribution in [0.5, 0.6) is 0 Å². The van der Waals surface area contributed by atoms with Gasteiger partial charge in [-0.3, -0.25) is 4.90 Å². The highest BCUT2D eigenvalue weighted by Gasteiger charge is 2.56. The molecule has 2 N–H and O–H groups in total. The number of sulfonamides is 1. The SMILES string of the molecule is CCS(=O)(=O)NCCN(Cc1nccs1)C1CC12CCNCC2. The van der Waals surface area contributed by atoms with Crippen molar-refractivity contribution in [3.05, 3.63) is 16.6 Å². The van der Waals surface area contributed by atoms with Crippen LogP contribution >= 0.6 is 11.3 Å². The fourth-order valence-electron chi connectivity index (χ4n) is 3.60. The highest BCUT2D eigenvalue weighted by molar-refractivity contribution is 7.89. The van der Waals surface area contributed by atoms with E-state index in [4.69, 9.17) is 0 Å². The van der Waals surface area contributed by atoms with Gasteiger partial charge < -0.3 is 5.32 Å². The lowest BCUT2D eigenvalue weighted by Gasteiger charge is -2.29. The summed E-state index contributed by atoms with van der Waals surface area (Å²) in [7, 11) is -3.12. The van der Waals surface area contributed by atoms with Gasteiger partial charge in [-0.05, 0) is 44.7 Å². The van der Waals surface area contributed by atoms with Crippen LogP contribution in [0, 0.1) is 5.41 Å². The van der Waals surface area contributed by atoms with Gasteiger partial charge in [0.05, 0.1) is 12.3 Å². The Hall–Kier alpha value is -0.540. The Bertz CT molecular complexity index is 597. The maximum Gasteiger partial charge on any atom is 0.211 e. The molecule has 1 atom stereocenters. The highest BCUT2D eigenvalue weighted by Crippen LogP contribution is 2.55. The van der Waals surface area contributed by atoms with Gasteiger partial charge in [0.1, 0.15) is 5.01 Å². The monoisotopic (exact) mass is 358 g/mol. The number of hydrogen-bond acceptors (Lipinski definition) is 6. The van der Waals surface area contributed by atoms with Gasteiger partial charge >= 0.3 is 0 Å². The molecule has 0 aromatic carbocycles. The molecule has 1 saturated carbocycles. The van der Waals surface area contributed by atoms with E-state index in [0.717, 1.165) is 31.2 Å². The summed E-state index contributed by atoms with van der Waals surface area (Å²) in [6.45, 7) is 5.92. The molecule has 2 heterocycles. The zero-order valence-corrected chi connectivity index (χ0v) is 15.3. The first-order valence-electron chi connectivity index (χ1n) is 8.35. The third kappa shape index (κ3) is 4.30. The molecule has 1 aromatic heterocycles. The summed E-state index contributed by atoms with van der Waals surface area (Å²) in [6, 6.07) is 0.569. The number of piperidine rings is 1. The molecule has 1 unspecified atom stereocenters. The second-order valence-corrected chi connectivity index (χ2v) is 9.60. The van der Waals surface area contributed by atoms with Crippen LogP contribution in [0.15, 0.2) is 11.6 Å². The summed E-state index contributed by atoms with van der Waals surface area (Å²) in [6.07, 6.45) is 5.53. The van der Waals surface area contributed by atoms with E-state index in [-0.39, 0.29) is 5.75 Å². The lowest BCUT2D eigenvalue weighted by Crippen LogP contribution is -2.40. The van der Waals surface area contributed by atoms with E-state index in [1.165, 1.54) is 19.3 Å². The highest BCUT2D eigenvalue weighted by atomic mass is 32.2. The molecule has 6 nitrogen and oxygen atoms in total. The van der Waals surface area contributed by atoms with Crippen LogP contribution in [0.4, 0.5) is 0 Å². The first kappa shape index (κ1) is 17.3. The quantitative estimate of drug-likeness (QED) is 0.726. The van der Waals surface area contributed by atoms with Gasteiger partial charge in [-0.2, -0.15) is 0 Å². The molecule has 1 aromatic rings. The molecule has 0 radical (unpaired) electrons. The van der Waals surface area contributed by atoms with Gasteiger partial charge in [0.15, 0.2) is 0 Å². The van der Waals surface area contributed by atoms with E-state index in [2.05, 4.69) is 19.9 Å². The molecule has 3 rings (SSSR count). The minimum absolute atomic E-state index is 0.137. The van der Waals surface area contributed by atoms with Crippen molar-refractivity contribution < 1.29 is 8.42 Å². The maximum absolute atomic E-state index is 11.6. The van der Waals surface area contributed by atoms with Crippen LogP contribution in [-0.4, -0.2) is 56.3 Å². The van der Waals surface area contributed by atoms with Crippen LogP contribution in [0.2, 0.25) is 0 Å². The van der Waals surface area contributed by atoms with E-state index >= 15 is 0 Å². The van der Waals surface area contributed by atoms with Crippen molar-refractivity contribution in [2.24, 2.45) is 5.41 Å². The summed E-state index contributed by atoms with van der Waals surface area (Å²) in [5, 5.41) is 6.55. The lowest BCUT2D eigenvalue weighted by atomic mass is 9.93. The zero-order valence-electron chi connectivity index (χ0n) is 13.6. The molecule has 23 heavy (non-hydrogen) atoms. The summed E-state index contributed by atoms with van der Waals surface area (Å²) in [4.78, 5) is 6.83. The first-order valence-corrected chi connectivity index (χ1v) is 10.9. The molecular formula is C15H26N4O2S2. The van der Waals surface area contributed by atoms with Gasteiger partial charge in [-0.15, -0.1) is 11.3 Å². The number of nitrogens with zero attached hydrogens (tertiary/aromatic N) is 2. The van der Waals surface area contributed by atoms with Crippen LogP contribution in [0.1, 0.15) is 31.2 Å². The molecular weight excluding hydrogens is 332 g/mol. The lowest BCUT2D eigenvalue weighted by molar-refractivity contribution is 0.198. The van der Waals surface area contributed by atoms with Crippen LogP contribution < -0.4 is 10.0 Å². The number of nitrogens with one attached hydrogen (secondary N) is 2. The molecule has 8 heteroatoms. The normalized spacial score (nSPS) is 23.5. The number of aromatic nitrogens is 1. The molecule has 2 aliphatic rings. The van der Waals surface area contributed by atoms with E-state index < -0.39 is 10.0 Å². The Morgan fingerprint density at radius 2 is 2.26 bits per heavy atom. The summed E-state index contributed by atoms with van der Waals surface area (Å²) < 4.78 is 26.0. The molecule has 1 spiro atoms. The van der Waals surface area contributed by atoms with Crippen molar-refractivity contribution >= 4 is 21.4 Å². The summed E-state index contributed by atoms with van der Waals surface area (Å²) in [5.74, 6) is 0.137. The van der Waals surface area contributed by atoms with Crippen molar-refractivity contribution in [3.63, 3.8) is 0 Å². The fourth-order valence-corrected chi connectivity index (χ4v) is 4.85. The molecule has 1 saturated heterocycles. The maximum atomic E-state index is 11.6. The molecule has 0 bridgehead atoms. The smallest absolute Gasteiger partial charge is 0.211 e. The zero-order chi connectivity index (χ0) is 16.3. The van der Waals surface area contributed by atoms with Crippen LogP contribution in [0.25, 0.3) is 0 Å². The molecule has 0 amide bonds. The van der Waals surface area contributed by atoms with Crippen LogP contribution in [0.3, 0.4) is 0 Å². The van der Waals surface area contributed by atoms with Crippen molar-refractivity contribution in [1.82, 2.24) is 19.9 Å². The molecule has 130 valence electrons. The average Bonchev–Trinajstić information content (AvgIpc) is 2.97. The Labute approximate surface area is 142 Å². The van der Waals surface area contributed by atoms with Gasteiger partial charge in [0.2, 0.25) is 10.0 Å². The average molecular weight is 359 g/mol. The van der Waals surface area contributed by atoms with Crippen molar-refractivity contribution in [2.45, 2.75) is 38.8 Å². The van der Waals surface area contributed by atoms with Gasteiger partial charge in [-0.25, -0.2) is 18.1 Å². The van der Waals surface area contributed by atoms with Gasteiger partial charge in [0, 0.05) is 30.7 Å². The van der Waals surface area contributed by atoms with Crippen LogP contribution in [-0.2, 0) is 16.6 Å². The number of thiazole rings is 1. The summed E-state index contributed by atoms with van der Waals surface area (Å²) >= 11 is 1.67.